The third-order valence-electron chi connectivity index (χ3n) is 3.35. The lowest BCUT2D eigenvalue weighted by Crippen LogP contribution is -2.25. The van der Waals surface area contributed by atoms with Gasteiger partial charge >= 0.3 is 0 Å². The van der Waals surface area contributed by atoms with E-state index in [0.29, 0.717) is 6.04 Å². The van der Waals surface area contributed by atoms with Crippen LogP contribution in [0.2, 0.25) is 0 Å². The van der Waals surface area contributed by atoms with Crippen LogP contribution in [0, 0.1) is 18.8 Å². The van der Waals surface area contributed by atoms with Crippen LogP contribution >= 0.6 is 11.3 Å². The molecule has 1 saturated carbocycles. The fourth-order valence-electron chi connectivity index (χ4n) is 2.01. The van der Waals surface area contributed by atoms with Gasteiger partial charge in [0.05, 0.1) is 11.2 Å². The molecule has 2 atom stereocenters. The van der Waals surface area contributed by atoms with E-state index in [1.807, 2.05) is 5.51 Å². The van der Waals surface area contributed by atoms with Gasteiger partial charge in [-0.15, -0.1) is 11.3 Å². The van der Waals surface area contributed by atoms with Gasteiger partial charge in [0.15, 0.2) is 0 Å². The van der Waals surface area contributed by atoms with Crippen LogP contribution < -0.4 is 5.32 Å². The molecule has 1 aliphatic rings. The number of thiazole rings is 1. The minimum absolute atomic E-state index is 0.457. The minimum Gasteiger partial charge on any atom is -0.309 e. The highest BCUT2D eigenvalue weighted by molar-refractivity contribution is 7.09. The standard InChI is InChI=1S/C12H20N2S/c1-8(11-4-5-11)6-13-9(2)12-10(3)14-7-15-12/h7-9,11,13H,4-6H2,1-3H3. The Kier molecular flexibility index (Phi) is 3.42. The summed E-state index contributed by atoms with van der Waals surface area (Å²) in [4.78, 5) is 5.68. The lowest BCUT2D eigenvalue weighted by Gasteiger charge is -2.16. The molecule has 1 aromatic rings. The number of nitrogens with one attached hydrogen (secondary N) is 1. The van der Waals surface area contributed by atoms with Crippen molar-refractivity contribution in [2.24, 2.45) is 11.8 Å². The van der Waals surface area contributed by atoms with E-state index >= 15 is 0 Å². The monoisotopic (exact) mass is 224 g/mol. The molecule has 1 aromatic heterocycles. The van der Waals surface area contributed by atoms with Crippen molar-refractivity contribution in [1.82, 2.24) is 10.3 Å². The van der Waals surface area contributed by atoms with Gasteiger partial charge in [-0.05, 0) is 45.1 Å². The predicted molar refractivity (Wildman–Crippen MR) is 65.2 cm³/mol. The third kappa shape index (κ3) is 2.79. The largest absolute Gasteiger partial charge is 0.309 e. The normalized spacial score (nSPS) is 20.2. The Balaban J connectivity index is 1.81. The maximum atomic E-state index is 4.29. The molecular formula is C12H20N2S. The highest BCUT2D eigenvalue weighted by Gasteiger charge is 2.27. The summed E-state index contributed by atoms with van der Waals surface area (Å²) in [6.07, 6.45) is 2.88. The van der Waals surface area contributed by atoms with E-state index in [1.165, 1.54) is 23.4 Å². The van der Waals surface area contributed by atoms with Crippen molar-refractivity contribution in [2.45, 2.75) is 39.7 Å². The van der Waals surface area contributed by atoms with Gasteiger partial charge in [-0.1, -0.05) is 6.92 Å². The second-order valence-electron chi connectivity index (χ2n) is 4.75. The van der Waals surface area contributed by atoms with E-state index in [0.717, 1.165) is 18.4 Å². The van der Waals surface area contributed by atoms with E-state index in [-0.39, 0.29) is 0 Å². The van der Waals surface area contributed by atoms with E-state index in [9.17, 15) is 0 Å². The molecule has 2 rings (SSSR count). The zero-order valence-corrected chi connectivity index (χ0v) is 10.6. The molecule has 0 saturated heterocycles. The first-order valence-electron chi connectivity index (χ1n) is 5.82. The lowest BCUT2D eigenvalue weighted by molar-refractivity contribution is 0.433. The SMILES string of the molecule is Cc1ncsc1C(C)NCC(C)C1CC1. The van der Waals surface area contributed by atoms with Crippen LogP contribution in [-0.4, -0.2) is 11.5 Å². The first-order valence-corrected chi connectivity index (χ1v) is 6.69. The maximum absolute atomic E-state index is 4.29. The van der Waals surface area contributed by atoms with Crippen LogP contribution in [0.5, 0.6) is 0 Å². The molecule has 15 heavy (non-hydrogen) atoms. The van der Waals surface area contributed by atoms with Gasteiger partial charge in [0.1, 0.15) is 0 Å². The zero-order valence-electron chi connectivity index (χ0n) is 9.79. The van der Waals surface area contributed by atoms with Gasteiger partial charge in [-0.25, -0.2) is 4.98 Å². The second-order valence-corrected chi connectivity index (χ2v) is 5.63. The fourth-order valence-corrected chi connectivity index (χ4v) is 2.85. The summed E-state index contributed by atoms with van der Waals surface area (Å²) >= 11 is 1.76. The smallest absolute Gasteiger partial charge is 0.0798 e. The van der Waals surface area contributed by atoms with Crippen molar-refractivity contribution in [3.63, 3.8) is 0 Å². The first-order chi connectivity index (χ1) is 7.18. The van der Waals surface area contributed by atoms with E-state index in [2.05, 4.69) is 31.1 Å². The Morgan fingerprint density at radius 1 is 1.53 bits per heavy atom. The lowest BCUT2D eigenvalue weighted by atomic mass is 10.1. The van der Waals surface area contributed by atoms with Crippen molar-refractivity contribution < 1.29 is 0 Å². The summed E-state index contributed by atoms with van der Waals surface area (Å²) in [6, 6.07) is 0.457. The van der Waals surface area contributed by atoms with Crippen LogP contribution in [0.1, 0.15) is 43.3 Å². The molecule has 0 spiro atoms. The van der Waals surface area contributed by atoms with E-state index in [4.69, 9.17) is 0 Å². The van der Waals surface area contributed by atoms with Crippen LogP contribution in [0.15, 0.2) is 5.51 Å². The van der Waals surface area contributed by atoms with Gasteiger partial charge in [-0.2, -0.15) is 0 Å². The molecule has 1 fully saturated rings. The highest BCUT2D eigenvalue weighted by Crippen LogP contribution is 2.36. The summed E-state index contributed by atoms with van der Waals surface area (Å²) < 4.78 is 0. The molecule has 2 unspecified atom stereocenters. The molecule has 0 aliphatic heterocycles. The average Bonchev–Trinajstić information content (AvgIpc) is 2.98. The molecule has 1 aliphatic carbocycles. The Bertz CT molecular complexity index is 317. The van der Waals surface area contributed by atoms with E-state index < -0.39 is 0 Å². The molecule has 84 valence electrons. The first kappa shape index (κ1) is 11.1. The van der Waals surface area contributed by atoms with Crippen molar-refractivity contribution in [3.8, 4) is 0 Å². The van der Waals surface area contributed by atoms with Crippen molar-refractivity contribution in [1.29, 1.82) is 0 Å². The summed E-state index contributed by atoms with van der Waals surface area (Å²) in [6.45, 7) is 7.83. The van der Waals surface area contributed by atoms with Crippen LogP contribution in [0.3, 0.4) is 0 Å². The van der Waals surface area contributed by atoms with Gasteiger partial charge in [0.25, 0.3) is 0 Å². The number of hydrogen-bond acceptors (Lipinski definition) is 3. The second kappa shape index (κ2) is 4.62. The number of rotatable bonds is 5. The van der Waals surface area contributed by atoms with Gasteiger partial charge in [0.2, 0.25) is 0 Å². The number of nitrogens with zero attached hydrogens (tertiary/aromatic N) is 1. The quantitative estimate of drug-likeness (QED) is 0.831. The Hall–Kier alpha value is -0.410. The van der Waals surface area contributed by atoms with Gasteiger partial charge in [-0.3, -0.25) is 0 Å². The van der Waals surface area contributed by atoms with Gasteiger partial charge < -0.3 is 5.32 Å². The van der Waals surface area contributed by atoms with Crippen molar-refractivity contribution >= 4 is 11.3 Å². The molecule has 0 bridgehead atoms. The molecule has 0 radical (unpaired) electrons. The Labute approximate surface area is 96.1 Å². The molecule has 0 amide bonds. The predicted octanol–water partition coefficient (Wildman–Crippen LogP) is 3.15. The number of aromatic nitrogens is 1. The van der Waals surface area contributed by atoms with Crippen LogP contribution in [0.25, 0.3) is 0 Å². The van der Waals surface area contributed by atoms with Crippen LogP contribution in [0.4, 0.5) is 0 Å². The van der Waals surface area contributed by atoms with Crippen molar-refractivity contribution in [2.75, 3.05) is 6.54 Å². The number of aryl methyl sites for hydroxylation is 1. The molecule has 1 heterocycles. The molecule has 2 nitrogen and oxygen atoms in total. The summed E-state index contributed by atoms with van der Waals surface area (Å²) in [5.41, 5.74) is 3.12. The zero-order chi connectivity index (χ0) is 10.8. The summed E-state index contributed by atoms with van der Waals surface area (Å²) in [5, 5.41) is 3.62. The Morgan fingerprint density at radius 3 is 2.80 bits per heavy atom. The van der Waals surface area contributed by atoms with Gasteiger partial charge in [0, 0.05) is 10.9 Å². The molecular weight excluding hydrogens is 204 g/mol. The molecule has 3 heteroatoms. The summed E-state index contributed by atoms with van der Waals surface area (Å²) in [5.74, 6) is 1.83. The topological polar surface area (TPSA) is 24.9 Å². The molecule has 0 aromatic carbocycles. The highest BCUT2D eigenvalue weighted by atomic mass is 32.1. The Morgan fingerprint density at radius 2 is 2.27 bits per heavy atom. The van der Waals surface area contributed by atoms with Crippen LogP contribution in [-0.2, 0) is 0 Å². The fraction of sp³-hybridized carbons (Fsp3) is 0.750. The molecule has 1 N–H and O–H groups in total. The van der Waals surface area contributed by atoms with Crippen molar-refractivity contribution in [3.05, 3.63) is 16.1 Å². The maximum Gasteiger partial charge on any atom is 0.0798 e. The minimum atomic E-state index is 0.457. The van der Waals surface area contributed by atoms with E-state index in [1.54, 1.807) is 11.3 Å². The average molecular weight is 224 g/mol. The third-order valence-corrected chi connectivity index (χ3v) is 4.46. The number of hydrogen-bond donors (Lipinski definition) is 1. The summed E-state index contributed by atoms with van der Waals surface area (Å²) in [7, 11) is 0.